The zero-order valence-corrected chi connectivity index (χ0v) is 8.59. The second kappa shape index (κ2) is 2.93. The van der Waals surface area contributed by atoms with Crippen LogP contribution >= 0.6 is 0 Å². The number of carbonyl (C=O) groups is 1. The number of piperidine rings is 1. The third-order valence-electron chi connectivity index (χ3n) is 3.19. The van der Waals surface area contributed by atoms with Gasteiger partial charge in [0.05, 0.1) is 5.75 Å². The summed E-state index contributed by atoms with van der Waals surface area (Å²) in [5, 5.41) is 9.13. The second-order valence-electron chi connectivity index (χ2n) is 3.93. The molecule has 0 bridgehead atoms. The summed E-state index contributed by atoms with van der Waals surface area (Å²) in [6.45, 7) is 0.370. The molecule has 0 aromatic carbocycles. The van der Waals surface area contributed by atoms with Gasteiger partial charge in [-0.3, -0.25) is 4.79 Å². The molecule has 5 nitrogen and oxygen atoms in total. The Morgan fingerprint density at radius 3 is 2.57 bits per heavy atom. The molecule has 6 heteroatoms. The SMILES string of the molecule is O=C(O)C12CCCCN1S(=O)(=O)CC2. The molecule has 2 aliphatic rings. The minimum absolute atomic E-state index is 0.0146. The fourth-order valence-electron chi connectivity index (χ4n) is 2.40. The molecule has 0 saturated carbocycles. The standard InChI is InChI=1S/C8H13NO4S/c10-7(11)8-3-1-2-5-9(8)14(12,13)6-4-8/h1-6H2,(H,10,11). The summed E-state index contributed by atoms with van der Waals surface area (Å²) in [7, 11) is -3.30. The van der Waals surface area contributed by atoms with Crippen molar-refractivity contribution < 1.29 is 18.3 Å². The number of aliphatic carboxylic acids is 1. The van der Waals surface area contributed by atoms with Crippen molar-refractivity contribution in [2.75, 3.05) is 12.3 Å². The molecule has 14 heavy (non-hydrogen) atoms. The van der Waals surface area contributed by atoms with E-state index in [1.807, 2.05) is 0 Å². The van der Waals surface area contributed by atoms with Crippen LogP contribution in [-0.4, -0.2) is 41.6 Å². The van der Waals surface area contributed by atoms with Crippen LogP contribution < -0.4 is 0 Å². The fourth-order valence-corrected chi connectivity index (χ4v) is 4.41. The number of rotatable bonds is 1. The van der Waals surface area contributed by atoms with E-state index >= 15 is 0 Å². The molecular weight excluding hydrogens is 206 g/mol. The Morgan fingerprint density at radius 1 is 1.29 bits per heavy atom. The van der Waals surface area contributed by atoms with Gasteiger partial charge in [0, 0.05) is 6.54 Å². The highest BCUT2D eigenvalue weighted by molar-refractivity contribution is 7.89. The Bertz CT molecular complexity index is 364. The summed E-state index contributed by atoms with van der Waals surface area (Å²) in [6.07, 6.45) is 2.28. The first-order chi connectivity index (χ1) is 6.49. The van der Waals surface area contributed by atoms with Gasteiger partial charge in [-0.1, -0.05) is 0 Å². The zero-order chi connectivity index (χ0) is 10.4. The lowest BCUT2D eigenvalue weighted by atomic mass is 9.87. The number of hydrogen-bond donors (Lipinski definition) is 1. The highest BCUT2D eigenvalue weighted by atomic mass is 32.2. The molecule has 1 unspecified atom stereocenters. The molecule has 2 rings (SSSR count). The van der Waals surface area contributed by atoms with Crippen LogP contribution in [0.4, 0.5) is 0 Å². The van der Waals surface area contributed by atoms with Crippen LogP contribution in [0.3, 0.4) is 0 Å². The lowest BCUT2D eigenvalue weighted by Gasteiger charge is -2.36. The van der Waals surface area contributed by atoms with Gasteiger partial charge in [0.1, 0.15) is 5.54 Å². The van der Waals surface area contributed by atoms with E-state index < -0.39 is 21.5 Å². The molecule has 80 valence electrons. The predicted octanol–water partition coefficient (Wildman–Crippen LogP) is 0.0292. The maximum Gasteiger partial charge on any atom is 0.325 e. The van der Waals surface area contributed by atoms with Crippen molar-refractivity contribution in [1.82, 2.24) is 4.31 Å². The molecule has 0 radical (unpaired) electrons. The van der Waals surface area contributed by atoms with E-state index in [0.717, 1.165) is 12.8 Å². The zero-order valence-electron chi connectivity index (χ0n) is 7.77. The van der Waals surface area contributed by atoms with Crippen molar-refractivity contribution in [1.29, 1.82) is 0 Å². The predicted molar refractivity (Wildman–Crippen MR) is 49.3 cm³/mol. The number of fused-ring (bicyclic) bond motifs is 1. The molecule has 2 fully saturated rings. The topological polar surface area (TPSA) is 74.7 Å². The quantitative estimate of drug-likeness (QED) is 0.675. The maximum absolute atomic E-state index is 11.6. The first-order valence-electron chi connectivity index (χ1n) is 4.73. The normalized spacial score (nSPS) is 36.6. The summed E-state index contributed by atoms with van der Waals surface area (Å²) in [4.78, 5) is 11.1. The average Bonchev–Trinajstić information content (AvgIpc) is 2.41. The molecule has 2 heterocycles. The van der Waals surface area contributed by atoms with E-state index in [-0.39, 0.29) is 12.2 Å². The largest absolute Gasteiger partial charge is 0.480 e. The van der Waals surface area contributed by atoms with Crippen LogP contribution in [0.25, 0.3) is 0 Å². The third kappa shape index (κ3) is 1.17. The van der Waals surface area contributed by atoms with Crippen LogP contribution in [0, 0.1) is 0 Å². The minimum atomic E-state index is -3.30. The first-order valence-corrected chi connectivity index (χ1v) is 6.34. The monoisotopic (exact) mass is 219 g/mol. The Morgan fingerprint density at radius 2 is 2.00 bits per heavy atom. The third-order valence-corrected chi connectivity index (χ3v) is 5.11. The Kier molecular flexibility index (Phi) is 2.08. The van der Waals surface area contributed by atoms with Crippen LogP contribution in [0.2, 0.25) is 0 Å². The van der Waals surface area contributed by atoms with Crippen molar-refractivity contribution in [3.63, 3.8) is 0 Å². The Labute approximate surface area is 82.8 Å². The van der Waals surface area contributed by atoms with Crippen molar-refractivity contribution >= 4 is 16.0 Å². The Hall–Kier alpha value is -0.620. The van der Waals surface area contributed by atoms with Gasteiger partial charge in [0.15, 0.2) is 0 Å². The maximum atomic E-state index is 11.6. The van der Waals surface area contributed by atoms with Crippen LogP contribution in [0.5, 0.6) is 0 Å². The summed E-state index contributed by atoms with van der Waals surface area (Å²) >= 11 is 0. The molecule has 0 aromatic heterocycles. The summed E-state index contributed by atoms with van der Waals surface area (Å²) < 4.78 is 24.3. The van der Waals surface area contributed by atoms with Crippen molar-refractivity contribution in [2.45, 2.75) is 31.2 Å². The van der Waals surface area contributed by atoms with Gasteiger partial charge in [-0.05, 0) is 25.7 Å². The molecule has 0 spiro atoms. The lowest BCUT2D eigenvalue weighted by Crippen LogP contribution is -2.54. The molecular formula is C8H13NO4S. The molecule has 2 aliphatic heterocycles. The van der Waals surface area contributed by atoms with Gasteiger partial charge >= 0.3 is 5.97 Å². The summed E-state index contributed by atoms with van der Waals surface area (Å²) in [6, 6.07) is 0. The van der Waals surface area contributed by atoms with Crippen LogP contribution in [0.15, 0.2) is 0 Å². The molecule has 0 aromatic rings. The fraction of sp³-hybridized carbons (Fsp3) is 0.875. The van der Waals surface area contributed by atoms with E-state index in [9.17, 15) is 13.2 Å². The number of nitrogens with zero attached hydrogens (tertiary/aromatic N) is 1. The minimum Gasteiger partial charge on any atom is -0.480 e. The van der Waals surface area contributed by atoms with Gasteiger partial charge in [-0.2, -0.15) is 4.31 Å². The van der Waals surface area contributed by atoms with E-state index in [1.54, 1.807) is 0 Å². The smallest absolute Gasteiger partial charge is 0.325 e. The number of hydrogen-bond acceptors (Lipinski definition) is 3. The van der Waals surface area contributed by atoms with Crippen LogP contribution in [-0.2, 0) is 14.8 Å². The van der Waals surface area contributed by atoms with Crippen molar-refractivity contribution in [2.24, 2.45) is 0 Å². The van der Waals surface area contributed by atoms with Gasteiger partial charge < -0.3 is 5.11 Å². The van der Waals surface area contributed by atoms with Gasteiger partial charge in [-0.15, -0.1) is 0 Å². The molecule has 0 aliphatic carbocycles. The van der Waals surface area contributed by atoms with E-state index in [4.69, 9.17) is 5.11 Å². The van der Waals surface area contributed by atoms with Gasteiger partial charge in [-0.25, -0.2) is 8.42 Å². The van der Waals surface area contributed by atoms with Crippen molar-refractivity contribution in [3.8, 4) is 0 Å². The molecule has 0 amide bonds. The number of carboxylic acids is 1. The van der Waals surface area contributed by atoms with Gasteiger partial charge in [0.25, 0.3) is 0 Å². The van der Waals surface area contributed by atoms with Crippen molar-refractivity contribution in [3.05, 3.63) is 0 Å². The van der Waals surface area contributed by atoms with E-state index in [2.05, 4.69) is 0 Å². The number of sulfonamides is 1. The molecule has 1 N–H and O–H groups in total. The highest BCUT2D eigenvalue weighted by Crippen LogP contribution is 2.39. The van der Waals surface area contributed by atoms with Crippen LogP contribution in [0.1, 0.15) is 25.7 Å². The second-order valence-corrected chi connectivity index (χ2v) is 5.94. The average molecular weight is 219 g/mol. The lowest BCUT2D eigenvalue weighted by molar-refractivity contribution is -0.149. The highest BCUT2D eigenvalue weighted by Gasteiger charge is 2.55. The summed E-state index contributed by atoms with van der Waals surface area (Å²) in [5.74, 6) is -1.00. The number of carboxylic acid groups (broad SMARTS) is 1. The van der Waals surface area contributed by atoms with Gasteiger partial charge in [0.2, 0.25) is 10.0 Å². The Balaban J connectivity index is 2.44. The van der Waals surface area contributed by atoms with E-state index in [1.165, 1.54) is 4.31 Å². The first kappa shape index (κ1) is 9.92. The summed E-state index contributed by atoms with van der Waals surface area (Å²) in [5.41, 5.74) is -1.11. The molecule has 2 saturated heterocycles. The van der Waals surface area contributed by atoms with E-state index in [0.29, 0.717) is 13.0 Å². The molecule has 1 atom stereocenters.